The molecule has 108 valence electrons. The quantitative estimate of drug-likeness (QED) is 0.741. The van der Waals surface area contributed by atoms with E-state index in [4.69, 9.17) is 4.42 Å². The summed E-state index contributed by atoms with van der Waals surface area (Å²) in [6, 6.07) is 10.7. The molecule has 2 nitrogen and oxygen atoms in total. The molecule has 0 aliphatic carbocycles. The molecule has 1 N–H and O–H groups in total. The summed E-state index contributed by atoms with van der Waals surface area (Å²) in [5, 5.41) is 3.46. The molecular formula is C17H22FNO. The Morgan fingerprint density at radius 1 is 1.15 bits per heavy atom. The Balaban J connectivity index is 1.95. The second kappa shape index (κ2) is 7.85. The molecular weight excluding hydrogens is 253 g/mol. The molecule has 3 heteroatoms. The van der Waals surface area contributed by atoms with Gasteiger partial charge in [0, 0.05) is 6.42 Å². The van der Waals surface area contributed by atoms with Crippen LogP contribution in [-0.2, 0) is 12.8 Å². The van der Waals surface area contributed by atoms with Gasteiger partial charge in [0.15, 0.2) is 0 Å². The van der Waals surface area contributed by atoms with Crippen LogP contribution in [-0.4, -0.2) is 13.1 Å². The van der Waals surface area contributed by atoms with Crippen molar-refractivity contribution < 1.29 is 8.81 Å². The molecule has 0 spiro atoms. The molecule has 0 aliphatic heterocycles. The second-order valence-electron chi connectivity index (χ2n) is 5.18. The highest BCUT2D eigenvalue weighted by atomic mass is 19.1. The smallest absolute Gasteiger partial charge is 0.123 e. The maximum absolute atomic E-state index is 13.0. The van der Waals surface area contributed by atoms with E-state index in [1.165, 1.54) is 17.7 Å². The lowest BCUT2D eigenvalue weighted by Crippen LogP contribution is -2.26. The summed E-state index contributed by atoms with van der Waals surface area (Å²) in [5.74, 6) is 1.29. The minimum Gasteiger partial charge on any atom is -0.469 e. The van der Waals surface area contributed by atoms with Gasteiger partial charge in [-0.05, 0) is 61.7 Å². The van der Waals surface area contributed by atoms with Crippen molar-refractivity contribution in [1.29, 1.82) is 0 Å². The third-order valence-corrected chi connectivity index (χ3v) is 3.37. The SMILES string of the molecule is CCCNCC(Cc1ccc(F)cc1)Cc1ccco1. The van der Waals surface area contributed by atoms with Crippen LogP contribution in [0.25, 0.3) is 0 Å². The van der Waals surface area contributed by atoms with Crippen LogP contribution < -0.4 is 5.32 Å². The topological polar surface area (TPSA) is 25.2 Å². The summed E-state index contributed by atoms with van der Waals surface area (Å²) >= 11 is 0. The largest absolute Gasteiger partial charge is 0.469 e. The van der Waals surface area contributed by atoms with E-state index < -0.39 is 0 Å². The fourth-order valence-electron chi connectivity index (χ4n) is 2.37. The van der Waals surface area contributed by atoms with Crippen molar-refractivity contribution in [2.45, 2.75) is 26.2 Å². The Hall–Kier alpha value is -1.61. The zero-order valence-corrected chi connectivity index (χ0v) is 11.9. The van der Waals surface area contributed by atoms with Crippen LogP contribution in [0.1, 0.15) is 24.7 Å². The molecule has 0 saturated carbocycles. The number of rotatable bonds is 8. The van der Waals surface area contributed by atoms with Crippen LogP contribution in [0.15, 0.2) is 47.1 Å². The maximum Gasteiger partial charge on any atom is 0.123 e. The number of nitrogens with one attached hydrogen (secondary N) is 1. The van der Waals surface area contributed by atoms with Crippen LogP contribution in [0.5, 0.6) is 0 Å². The van der Waals surface area contributed by atoms with E-state index in [0.717, 1.165) is 38.1 Å². The van der Waals surface area contributed by atoms with Crippen LogP contribution in [0, 0.1) is 11.7 Å². The third kappa shape index (κ3) is 4.82. The fourth-order valence-corrected chi connectivity index (χ4v) is 2.37. The van der Waals surface area contributed by atoms with Gasteiger partial charge >= 0.3 is 0 Å². The van der Waals surface area contributed by atoms with Gasteiger partial charge in [0.05, 0.1) is 6.26 Å². The van der Waals surface area contributed by atoms with Gasteiger partial charge in [-0.1, -0.05) is 19.1 Å². The predicted octanol–water partition coefficient (Wildman–Crippen LogP) is 3.82. The highest BCUT2D eigenvalue weighted by Crippen LogP contribution is 2.15. The molecule has 0 saturated heterocycles. The van der Waals surface area contributed by atoms with E-state index in [0.29, 0.717) is 5.92 Å². The Morgan fingerprint density at radius 2 is 1.95 bits per heavy atom. The van der Waals surface area contributed by atoms with Gasteiger partial charge in [-0.3, -0.25) is 0 Å². The summed E-state index contributed by atoms with van der Waals surface area (Å²) in [4.78, 5) is 0. The van der Waals surface area contributed by atoms with Gasteiger partial charge in [-0.25, -0.2) is 4.39 Å². The highest BCUT2D eigenvalue weighted by Gasteiger charge is 2.12. The van der Waals surface area contributed by atoms with Gasteiger partial charge < -0.3 is 9.73 Å². The second-order valence-corrected chi connectivity index (χ2v) is 5.18. The van der Waals surface area contributed by atoms with E-state index in [2.05, 4.69) is 12.2 Å². The summed E-state index contributed by atoms with van der Waals surface area (Å²) in [5.41, 5.74) is 1.17. The van der Waals surface area contributed by atoms with Crippen molar-refractivity contribution in [1.82, 2.24) is 5.32 Å². The minimum atomic E-state index is -0.180. The van der Waals surface area contributed by atoms with E-state index in [9.17, 15) is 4.39 Å². The van der Waals surface area contributed by atoms with Crippen molar-refractivity contribution >= 4 is 0 Å². The third-order valence-electron chi connectivity index (χ3n) is 3.37. The molecule has 20 heavy (non-hydrogen) atoms. The van der Waals surface area contributed by atoms with Crippen LogP contribution in [0.3, 0.4) is 0 Å². The average molecular weight is 275 g/mol. The summed E-state index contributed by atoms with van der Waals surface area (Å²) < 4.78 is 18.4. The molecule has 0 amide bonds. The molecule has 2 rings (SSSR count). The normalized spacial score (nSPS) is 12.5. The molecule has 1 heterocycles. The van der Waals surface area contributed by atoms with Crippen molar-refractivity contribution in [2.75, 3.05) is 13.1 Å². The molecule has 1 atom stereocenters. The Labute approximate surface area is 120 Å². The first kappa shape index (κ1) is 14.8. The zero-order chi connectivity index (χ0) is 14.2. The Kier molecular flexibility index (Phi) is 5.81. The van der Waals surface area contributed by atoms with Crippen molar-refractivity contribution in [3.8, 4) is 0 Å². The molecule has 0 aliphatic rings. The first-order chi connectivity index (χ1) is 9.78. The molecule has 0 bridgehead atoms. The maximum atomic E-state index is 13.0. The molecule has 1 aromatic heterocycles. The van der Waals surface area contributed by atoms with Crippen LogP contribution in [0.2, 0.25) is 0 Å². The van der Waals surface area contributed by atoms with Crippen molar-refractivity contribution in [3.05, 3.63) is 59.8 Å². The molecule has 2 aromatic rings. The number of benzene rings is 1. The van der Waals surface area contributed by atoms with Gasteiger partial charge in [-0.2, -0.15) is 0 Å². The van der Waals surface area contributed by atoms with E-state index in [1.54, 1.807) is 6.26 Å². The van der Waals surface area contributed by atoms with Gasteiger partial charge in [0.2, 0.25) is 0 Å². The zero-order valence-electron chi connectivity index (χ0n) is 11.9. The number of furan rings is 1. The lowest BCUT2D eigenvalue weighted by atomic mass is 9.95. The van der Waals surface area contributed by atoms with Gasteiger partial charge in [0.1, 0.15) is 11.6 Å². The van der Waals surface area contributed by atoms with Gasteiger partial charge in [-0.15, -0.1) is 0 Å². The summed E-state index contributed by atoms with van der Waals surface area (Å²) in [7, 11) is 0. The standard InChI is InChI=1S/C17H22FNO/c1-2-9-19-13-15(12-17-4-3-10-20-17)11-14-5-7-16(18)8-6-14/h3-8,10,15,19H,2,9,11-13H2,1H3. The summed E-state index contributed by atoms with van der Waals surface area (Å²) in [6.07, 6.45) is 4.67. The van der Waals surface area contributed by atoms with E-state index in [1.807, 2.05) is 24.3 Å². The van der Waals surface area contributed by atoms with Crippen molar-refractivity contribution in [3.63, 3.8) is 0 Å². The van der Waals surface area contributed by atoms with Gasteiger partial charge in [0.25, 0.3) is 0 Å². The number of halogens is 1. The fraction of sp³-hybridized carbons (Fsp3) is 0.412. The molecule has 1 aromatic carbocycles. The monoisotopic (exact) mass is 275 g/mol. The highest BCUT2D eigenvalue weighted by molar-refractivity contribution is 5.17. The lowest BCUT2D eigenvalue weighted by Gasteiger charge is -2.16. The molecule has 0 fully saturated rings. The summed E-state index contributed by atoms with van der Waals surface area (Å²) in [6.45, 7) is 4.14. The van der Waals surface area contributed by atoms with E-state index in [-0.39, 0.29) is 5.82 Å². The van der Waals surface area contributed by atoms with Crippen molar-refractivity contribution in [2.24, 2.45) is 5.92 Å². The Bertz CT molecular complexity index is 478. The number of hydrogen-bond acceptors (Lipinski definition) is 2. The lowest BCUT2D eigenvalue weighted by molar-refractivity contribution is 0.415. The molecule has 1 unspecified atom stereocenters. The van der Waals surface area contributed by atoms with Crippen LogP contribution in [0.4, 0.5) is 4.39 Å². The van der Waals surface area contributed by atoms with E-state index >= 15 is 0 Å². The van der Waals surface area contributed by atoms with Crippen LogP contribution >= 0.6 is 0 Å². The first-order valence-electron chi connectivity index (χ1n) is 7.25. The number of hydrogen-bond donors (Lipinski definition) is 1. The predicted molar refractivity (Wildman–Crippen MR) is 79.2 cm³/mol. The minimum absolute atomic E-state index is 0.180. The Morgan fingerprint density at radius 3 is 2.60 bits per heavy atom. The first-order valence-corrected chi connectivity index (χ1v) is 7.25. The molecule has 0 radical (unpaired) electrons. The average Bonchev–Trinajstić information content (AvgIpc) is 2.94.